The third-order valence-electron chi connectivity index (χ3n) is 5.47. The van der Waals surface area contributed by atoms with Gasteiger partial charge >= 0.3 is 0 Å². The maximum absolute atomic E-state index is 13.2. The summed E-state index contributed by atoms with van der Waals surface area (Å²) in [6.07, 6.45) is 4.27. The predicted molar refractivity (Wildman–Crippen MR) is 103 cm³/mol. The summed E-state index contributed by atoms with van der Waals surface area (Å²) in [6.45, 7) is 2.94. The number of hydrogen-bond acceptors (Lipinski definition) is 2. The van der Waals surface area contributed by atoms with E-state index in [1.54, 1.807) is 7.11 Å². The zero-order chi connectivity index (χ0) is 18.1. The number of carbonyl (C=O) groups excluding carboxylic acids is 1. The summed E-state index contributed by atoms with van der Waals surface area (Å²) < 4.78 is 5.25. The Labute approximate surface area is 153 Å². The van der Waals surface area contributed by atoms with E-state index in [-0.39, 0.29) is 11.8 Å². The van der Waals surface area contributed by atoms with Crippen molar-refractivity contribution in [2.24, 2.45) is 0 Å². The molecule has 1 aliphatic rings. The van der Waals surface area contributed by atoms with Gasteiger partial charge in [0.25, 0.3) is 0 Å². The molecule has 1 fully saturated rings. The van der Waals surface area contributed by atoms with Crippen LogP contribution in [0.3, 0.4) is 0 Å². The summed E-state index contributed by atoms with van der Waals surface area (Å²) in [5.74, 6) is 1.09. The summed E-state index contributed by atoms with van der Waals surface area (Å²) in [5, 5.41) is 1.02. The molecule has 0 spiro atoms. The Morgan fingerprint density at radius 2 is 1.92 bits per heavy atom. The number of aromatic amines is 1. The fourth-order valence-corrected chi connectivity index (χ4v) is 3.76. The van der Waals surface area contributed by atoms with Gasteiger partial charge in [-0.2, -0.15) is 0 Å². The van der Waals surface area contributed by atoms with Gasteiger partial charge in [0.05, 0.1) is 13.2 Å². The van der Waals surface area contributed by atoms with Crippen LogP contribution in [0.2, 0.25) is 0 Å². The van der Waals surface area contributed by atoms with Crippen LogP contribution in [-0.4, -0.2) is 30.0 Å². The van der Waals surface area contributed by atoms with Gasteiger partial charge in [0, 0.05) is 41.1 Å². The molecule has 26 heavy (non-hydrogen) atoms. The van der Waals surface area contributed by atoms with E-state index >= 15 is 0 Å². The minimum absolute atomic E-state index is 0.0659. The predicted octanol–water partition coefficient (Wildman–Crippen LogP) is 3.00. The van der Waals surface area contributed by atoms with E-state index in [9.17, 15) is 4.79 Å². The third kappa shape index (κ3) is 3.25. The first-order valence-corrected chi connectivity index (χ1v) is 9.26. The summed E-state index contributed by atoms with van der Waals surface area (Å²) in [6, 6.07) is 16.7. The highest BCUT2D eigenvalue weighted by Crippen LogP contribution is 2.21. The molecule has 1 heterocycles. The lowest BCUT2D eigenvalue weighted by Gasteiger charge is -2.25. The molecule has 3 aromatic rings. The zero-order valence-electron chi connectivity index (χ0n) is 15.3. The van der Waals surface area contributed by atoms with E-state index in [1.165, 1.54) is 23.3 Å². The number of fused-ring (bicyclic) bond motifs is 1. The molecule has 0 radical (unpaired) electrons. The van der Waals surface area contributed by atoms with Crippen molar-refractivity contribution in [3.05, 3.63) is 65.9 Å². The van der Waals surface area contributed by atoms with Crippen molar-refractivity contribution in [2.75, 3.05) is 7.11 Å². The van der Waals surface area contributed by atoms with Gasteiger partial charge in [0.2, 0.25) is 5.78 Å². The SMILES string of the molecule is COc1ccc(C[NH+](C2CC2)[C@H](C)C(=O)c2c[nH]c3ccccc23)cc1. The van der Waals surface area contributed by atoms with Gasteiger partial charge in [0.15, 0.2) is 0 Å². The Kier molecular flexibility index (Phi) is 4.51. The lowest BCUT2D eigenvalue weighted by atomic mass is 10.0. The monoisotopic (exact) mass is 349 g/mol. The van der Waals surface area contributed by atoms with Gasteiger partial charge in [-0.3, -0.25) is 4.79 Å². The van der Waals surface area contributed by atoms with E-state index in [2.05, 4.69) is 24.0 Å². The van der Waals surface area contributed by atoms with Crippen molar-refractivity contribution in [1.82, 2.24) is 4.98 Å². The van der Waals surface area contributed by atoms with Crippen molar-refractivity contribution >= 4 is 16.7 Å². The Morgan fingerprint density at radius 3 is 2.62 bits per heavy atom. The van der Waals surface area contributed by atoms with Crippen molar-refractivity contribution in [3.63, 3.8) is 0 Å². The van der Waals surface area contributed by atoms with E-state index < -0.39 is 0 Å². The van der Waals surface area contributed by atoms with Gasteiger partial charge in [-0.25, -0.2) is 0 Å². The van der Waals surface area contributed by atoms with Gasteiger partial charge in [-0.1, -0.05) is 18.2 Å². The fraction of sp³-hybridized carbons (Fsp3) is 0.318. The molecule has 1 unspecified atom stereocenters. The molecule has 4 rings (SSSR count). The molecule has 2 aromatic carbocycles. The number of H-pyrrole nitrogens is 1. The zero-order valence-corrected chi connectivity index (χ0v) is 15.3. The Bertz CT molecular complexity index is 909. The molecule has 1 saturated carbocycles. The minimum Gasteiger partial charge on any atom is -0.497 e. The van der Waals surface area contributed by atoms with Gasteiger partial charge in [0.1, 0.15) is 18.3 Å². The minimum atomic E-state index is -0.0659. The molecule has 4 heteroatoms. The van der Waals surface area contributed by atoms with Crippen LogP contribution in [0, 0.1) is 0 Å². The molecule has 0 bridgehead atoms. The maximum atomic E-state index is 13.2. The Balaban J connectivity index is 1.56. The largest absolute Gasteiger partial charge is 0.497 e. The van der Waals surface area contributed by atoms with E-state index in [0.29, 0.717) is 6.04 Å². The first kappa shape index (κ1) is 16.9. The van der Waals surface area contributed by atoms with Crippen LogP contribution in [0.25, 0.3) is 10.9 Å². The molecule has 1 aliphatic carbocycles. The average molecular weight is 349 g/mol. The second kappa shape index (κ2) is 6.96. The number of Topliss-reactive ketones (excluding diaryl/α,β-unsaturated/α-hetero) is 1. The molecule has 134 valence electrons. The number of quaternary nitrogens is 1. The quantitative estimate of drug-likeness (QED) is 0.644. The number of ether oxygens (including phenoxy) is 1. The normalized spacial score (nSPS) is 16.4. The highest BCUT2D eigenvalue weighted by atomic mass is 16.5. The van der Waals surface area contributed by atoms with Crippen LogP contribution < -0.4 is 9.64 Å². The molecular formula is C22H25N2O2+. The second-order valence-corrected chi connectivity index (χ2v) is 7.21. The lowest BCUT2D eigenvalue weighted by Crippen LogP contribution is -3.16. The Hall–Kier alpha value is -2.59. The molecule has 2 atom stereocenters. The summed E-state index contributed by atoms with van der Waals surface area (Å²) >= 11 is 0. The average Bonchev–Trinajstić information content (AvgIpc) is 3.44. The topological polar surface area (TPSA) is 46.5 Å². The number of aromatic nitrogens is 1. The molecule has 4 nitrogen and oxygen atoms in total. The molecular weight excluding hydrogens is 324 g/mol. The number of carbonyl (C=O) groups is 1. The first-order chi connectivity index (χ1) is 12.7. The van der Waals surface area contributed by atoms with Gasteiger partial charge in [-0.15, -0.1) is 0 Å². The number of hydrogen-bond donors (Lipinski definition) is 2. The molecule has 0 saturated heterocycles. The molecule has 0 aliphatic heterocycles. The second-order valence-electron chi connectivity index (χ2n) is 7.21. The summed E-state index contributed by atoms with van der Waals surface area (Å²) in [5.41, 5.74) is 3.07. The first-order valence-electron chi connectivity index (χ1n) is 9.26. The number of benzene rings is 2. The van der Waals surface area contributed by atoms with Crippen LogP contribution in [0.5, 0.6) is 5.75 Å². The summed E-state index contributed by atoms with van der Waals surface area (Å²) in [4.78, 5) is 17.8. The number of para-hydroxylation sites is 1. The van der Waals surface area contributed by atoms with Gasteiger partial charge in [-0.05, 0) is 37.3 Å². The third-order valence-corrected chi connectivity index (χ3v) is 5.47. The number of nitrogens with one attached hydrogen (secondary N) is 2. The number of methoxy groups -OCH3 is 1. The summed E-state index contributed by atoms with van der Waals surface area (Å²) in [7, 11) is 1.68. The fourth-order valence-electron chi connectivity index (χ4n) is 3.76. The standard InChI is InChI=1S/C22H24N2O2/c1-15(22(25)20-13-23-21-6-4-3-5-19(20)21)24(17-9-10-17)14-16-7-11-18(26-2)12-8-16/h3-8,11-13,15,17,23H,9-10,14H2,1-2H3/p+1/t15-/m1/s1. The van der Waals surface area contributed by atoms with Crippen LogP contribution in [0.4, 0.5) is 0 Å². The van der Waals surface area contributed by atoms with E-state index in [0.717, 1.165) is 28.8 Å². The van der Waals surface area contributed by atoms with Crippen molar-refractivity contribution < 1.29 is 14.4 Å². The van der Waals surface area contributed by atoms with E-state index in [4.69, 9.17) is 4.74 Å². The Morgan fingerprint density at radius 1 is 1.19 bits per heavy atom. The van der Waals surface area contributed by atoms with Crippen molar-refractivity contribution in [2.45, 2.75) is 38.4 Å². The van der Waals surface area contributed by atoms with E-state index in [1.807, 2.05) is 42.6 Å². The lowest BCUT2D eigenvalue weighted by molar-refractivity contribution is -0.938. The van der Waals surface area contributed by atoms with Crippen LogP contribution in [0.15, 0.2) is 54.7 Å². The molecule has 1 aromatic heterocycles. The van der Waals surface area contributed by atoms with Crippen LogP contribution in [0.1, 0.15) is 35.7 Å². The van der Waals surface area contributed by atoms with Gasteiger partial charge < -0.3 is 14.6 Å². The number of ketones is 1. The van der Waals surface area contributed by atoms with Crippen molar-refractivity contribution in [1.29, 1.82) is 0 Å². The van der Waals surface area contributed by atoms with Crippen molar-refractivity contribution in [3.8, 4) is 5.75 Å². The highest BCUT2D eigenvalue weighted by molar-refractivity contribution is 6.09. The smallest absolute Gasteiger partial charge is 0.221 e. The number of rotatable bonds is 7. The highest BCUT2D eigenvalue weighted by Gasteiger charge is 2.39. The van der Waals surface area contributed by atoms with Crippen LogP contribution in [-0.2, 0) is 6.54 Å². The maximum Gasteiger partial charge on any atom is 0.221 e. The molecule has 0 amide bonds. The molecule has 2 N–H and O–H groups in total. The van der Waals surface area contributed by atoms with Crippen LogP contribution >= 0.6 is 0 Å².